The first-order valence-corrected chi connectivity index (χ1v) is 7.77. The molecule has 0 aromatic heterocycles. The Bertz CT molecular complexity index is 857. The van der Waals surface area contributed by atoms with E-state index in [1.54, 1.807) is 0 Å². The number of amides is 1. The highest BCUT2D eigenvalue weighted by Crippen LogP contribution is 2.27. The summed E-state index contributed by atoms with van der Waals surface area (Å²) in [6, 6.07) is 7.94. The molecule has 0 saturated heterocycles. The maximum atomic E-state index is 11.9. The Labute approximate surface area is 156 Å². The fraction of sp³-hybridized carbons (Fsp3) is 0.0667. The van der Waals surface area contributed by atoms with Gasteiger partial charge in [0.15, 0.2) is 6.61 Å². The van der Waals surface area contributed by atoms with Crippen LogP contribution in [0.3, 0.4) is 0 Å². The van der Waals surface area contributed by atoms with Gasteiger partial charge in [-0.1, -0.05) is 34.8 Å². The van der Waals surface area contributed by atoms with Crippen LogP contribution in [0.2, 0.25) is 15.1 Å². The Balaban J connectivity index is 1.98. The first kappa shape index (κ1) is 19.0. The van der Waals surface area contributed by atoms with Gasteiger partial charge in [0.2, 0.25) is 0 Å². The van der Waals surface area contributed by atoms with E-state index in [9.17, 15) is 19.7 Å². The van der Waals surface area contributed by atoms with Crippen molar-refractivity contribution in [2.75, 3.05) is 11.9 Å². The summed E-state index contributed by atoms with van der Waals surface area (Å²) < 4.78 is 4.85. The Morgan fingerprint density at radius 1 is 1.08 bits per heavy atom. The molecular formula is C15H9Cl3N2O5. The van der Waals surface area contributed by atoms with Gasteiger partial charge in [0.1, 0.15) is 5.02 Å². The van der Waals surface area contributed by atoms with Crippen LogP contribution >= 0.6 is 34.8 Å². The molecule has 0 spiro atoms. The van der Waals surface area contributed by atoms with Crippen molar-refractivity contribution in [2.24, 2.45) is 0 Å². The summed E-state index contributed by atoms with van der Waals surface area (Å²) in [7, 11) is 0. The molecule has 0 radical (unpaired) electrons. The number of rotatable bonds is 5. The van der Waals surface area contributed by atoms with Gasteiger partial charge >= 0.3 is 5.97 Å². The monoisotopic (exact) mass is 402 g/mol. The standard InChI is InChI=1S/C15H9Cl3N2O5/c16-8-1-3-10(12(18)5-8)15(22)25-7-14(21)19-9-2-4-11(17)13(6-9)20(23)24/h1-6H,7H2,(H,19,21). The lowest BCUT2D eigenvalue weighted by Gasteiger charge is -2.08. The highest BCUT2D eigenvalue weighted by Gasteiger charge is 2.16. The van der Waals surface area contributed by atoms with Crippen molar-refractivity contribution >= 4 is 58.1 Å². The number of nitro groups is 1. The molecule has 1 amide bonds. The van der Waals surface area contributed by atoms with Crippen LogP contribution in [0.15, 0.2) is 36.4 Å². The molecule has 25 heavy (non-hydrogen) atoms. The molecule has 10 heteroatoms. The number of carbonyl (C=O) groups is 2. The first-order valence-electron chi connectivity index (χ1n) is 6.64. The lowest BCUT2D eigenvalue weighted by atomic mass is 10.2. The Morgan fingerprint density at radius 2 is 1.80 bits per heavy atom. The number of nitrogens with one attached hydrogen (secondary N) is 1. The minimum Gasteiger partial charge on any atom is -0.452 e. The molecule has 0 bridgehead atoms. The third kappa shape index (κ3) is 5.06. The van der Waals surface area contributed by atoms with Crippen molar-refractivity contribution in [3.63, 3.8) is 0 Å². The van der Waals surface area contributed by atoms with E-state index in [1.807, 2.05) is 0 Å². The molecule has 0 aliphatic heterocycles. The molecule has 0 atom stereocenters. The average molecular weight is 404 g/mol. The maximum Gasteiger partial charge on any atom is 0.340 e. The van der Waals surface area contributed by atoms with E-state index in [-0.39, 0.29) is 27.0 Å². The molecule has 0 unspecified atom stereocenters. The number of esters is 1. The van der Waals surface area contributed by atoms with Crippen molar-refractivity contribution in [1.82, 2.24) is 0 Å². The van der Waals surface area contributed by atoms with Gasteiger partial charge in [0.05, 0.1) is 15.5 Å². The summed E-state index contributed by atoms with van der Waals surface area (Å²) in [4.78, 5) is 33.8. The number of nitro benzene ring substituents is 1. The normalized spacial score (nSPS) is 10.2. The molecule has 7 nitrogen and oxygen atoms in total. The predicted octanol–water partition coefficient (Wildman–Crippen LogP) is 4.35. The van der Waals surface area contributed by atoms with Gasteiger partial charge in [0, 0.05) is 16.8 Å². The Hall–Kier alpha value is -2.35. The minimum absolute atomic E-state index is 0.0565. The van der Waals surface area contributed by atoms with E-state index in [4.69, 9.17) is 39.5 Å². The summed E-state index contributed by atoms with van der Waals surface area (Å²) >= 11 is 17.3. The van der Waals surface area contributed by atoms with Gasteiger partial charge in [-0.25, -0.2) is 4.79 Å². The SMILES string of the molecule is O=C(COC(=O)c1ccc(Cl)cc1Cl)Nc1ccc(Cl)c([N+](=O)[O-])c1. The quantitative estimate of drug-likeness (QED) is 0.454. The van der Waals surface area contributed by atoms with Crippen molar-refractivity contribution in [1.29, 1.82) is 0 Å². The van der Waals surface area contributed by atoms with Crippen molar-refractivity contribution < 1.29 is 19.2 Å². The zero-order valence-electron chi connectivity index (χ0n) is 12.3. The third-order valence-corrected chi connectivity index (χ3v) is 3.78. The number of hydrogen-bond acceptors (Lipinski definition) is 5. The maximum absolute atomic E-state index is 11.9. The summed E-state index contributed by atoms with van der Waals surface area (Å²) in [6.45, 7) is -0.603. The molecule has 1 N–H and O–H groups in total. The van der Waals surface area contributed by atoms with Gasteiger partial charge < -0.3 is 10.1 Å². The van der Waals surface area contributed by atoms with Crippen LogP contribution in [-0.2, 0) is 9.53 Å². The first-order chi connectivity index (χ1) is 11.8. The summed E-state index contributed by atoms with van der Waals surface area (Å²) in [6.07, 6.45) is 0. The molecular weight excluding hydrogens is 395 g/mol. The smallest absolute Gasteiger partial charge is 0.340 e. The fourth-order valence-electron chi connectivity index (χ4n) is 1.79. The van der Waals surface area contributed by atoms with E-state index >= 15 is 0 Å². The van der Waals surface area contributed by atoms with E-state index in [2.05, 4.69) is 5.32 Å². The highest BCUT2D eigenvalue weighted by molar-refractivity contribution is 6.36. The second kappa shape index (κ2) is 8.15. The molecule has 2 rings (SSSR count). The van der Waals surface area contributed by atoms with Crippen molar-refractivity contribution in [3.8, 4) is 0 Å². The fourth-order valence-corrected chi connectivity index (χ4v) is 2.46. The highest BCUT2D eigenvalue weighted by atomic mass is 35.5. The van der Waals surface area contributed by atoms with E-state index < -0.39 is 23.4 Å². The molecule has 2 aromatic carbocycles. The van der Waals surface area contributed by atoms with E-state index in [0.717, 1.165) is 6.07 Å². The summed E-state index contributed by atoms with van der Waals surface area (Å²) in [5.41, 5.74) is -0.160. The van der Waals surface area contributed by atoms with E-state index in [1.165, 1.54) is 30.3 Å². The Morgan fingerprint density at radius 3 is 2.44 bits per heavy atom. The van der Waals surface area contributed by atoms with Gasteiger partial charge in [0.25, 0.3) is 11.6 Å². The number of carbonyl (C=O) groups excluding carboxylic acids is 2. The number of anilines is 1. The topological polar surface area (TPSA) is 98.5 Å². The number of hydrogen-bond donors (Lipinski definition) is 1. The average Bonchev–Trinajstić information content (AvgIpc) is 2.54. The second-order valence-electron chi connectivity index (χ2n) is 4.67. The minimum atomic E-state index is -0.807. The van der Waals surface area contributed by atoms with Gasteiger partial charge in [-0.05, 0) is 30.3 Å². The number of halogens is 3. The van der Waals surface area contributed by atoms with Crippen LogP contribution in [0, 0.1) is 10.1 Å². The van der Waals surface area contributed by atoms with Crippen LogP contribution in [0.1, 0.15) is 10.4 Å². The lowest BCUT2D eigenvalue weighted by Crippen LogP contribution is -2.21. The third-order valence-electron chi connectivity index (χ3n) is 2.91. The van der Waals surface area contributed by atoms with E-state index in [0.29, 0.717) is 5.02 Å². The number of benzene rings is 2. The van der Waals surface area contributed by atoms with Crippen LogP contribution in [-0.4, -0.2) is 23.4 Å². The molecule has 0 fully saturated rings. The van der Waals surface area contributed by atoms with Gasteiger partial charge in [-0.2, -0.15) is 0 Å². The zero-order valence-corrected chi connectivity index (χ0v) is 14.6. The van der Waals surface area contributed by atoms with Gasteiger partial charge in [-0.3, -0.25) is 14.9 Å². The Kier molecular flexibility index (Phi) is 6.19. The molecule has 0 saturated carbocycles. The van der Waals surface area contributed by atoms with Gasteiger partial charge in [-0.15, -0.1) is 0 Å². The van der Waals surface area contributed by atoms with Crippen molar-refractivity contribution in [2.45, 2.75) is 0 Å². The lowest BCUT2D eigenvalue weighted by molar-refractivity contribution is -0.384. The molecule has 2 aromatic rings. The van der Waals surface area contributed by atoms with Crippen LogP contribution in [0.5, 0.6) is 0 Å². The van der Waals surface area contributed by atoms with Crippen LogP contribution < -0.4 is 5.32 Å². The molecule has 0 aliphatic carbocycles. The summed E-state index contributed by atoms with van der Waals surface area (Å²) in [5, 5.41) is 13.5. The molecule has 130 valence electrons. The number of ether oxygens (including phenoxy) is 1. The predicted molar refractivity (Wildman–Crippen MR) is 93.5 cm³/mol. The molecule has 0 aliphatic rings. The second-order valence-corrected chi connectivity index (χ2v) is 5.92. The van der Waals surface area contributed by atoms with Crippen LogP contribution in [0.4, 0.5) is 11.4 Å². The van der Waals surface area contributed by atoms with Crippen molar-refractivity contribution in [3.05, 3.63) is 67.1 Å². The summed E-state index contributed by atoms with van der Waals surface area (Å²) in [5.74, 6) is -1.49. The zero-order chi connectivity index (χ0) is 18.6. The number of nitrogens with zero attached hydrogens (tertiary/aromatic N) is 1. The van der Waals surface area contributed by atoms with Crippen LogP contribution in [0.25, 0.3) is 0 Å². The largest absolute Gasteiger partial charge is 0.452 e. The molecule has 0 heterocycles.